The maximum atomic E-state index is 5.92. The molecule has 0 spiro atoms. The number of hydrogen-bond donors (Lipinski definition) is 1. The fraction of sp³-hybridized carbons (Fsp3) is 0. The van der Waals surface area contributed by atoms with Gasteiger partial charge < -0.3 is 10.3 Å². The Kier molecular flexibility index (Phi) is 2.73. The first-order valence-corrected chi connectivity index (χ1v) is 6.34. The first-order chi connectivity index (χ1) is 8.74. The first-order valence-electron chi connectivity index (χ1n) is 5.02. The molecular formula is C11H7ClN4OS. The van der Waals surface area contributed by atoms with E-state index in [0.717, 1.165) is 0 Å². The molecule has 0 saturated heterocycles. The smallest absolute Gasteiger partial charge is 0.260 e. The van der Waals surface area contributed by atoms with E-state index in [4.69, 9.17) is 21.9 Å². The molecule has 1 aromatic carbocycles. The average molecular weight is 279 g/mol. The van der Waals surface area contributed by atoms with Gasteiger partial charge in [0, 0.05) is 16.1 Å². The van der Waals surface area contributed by atoms with Crippen LogP contribution in [0.1, 0.15) is 0 Å². The summed E-state index contributed by atoms with van der Waals surface area (Å²) in [6.07, 6.45) is 0. The molecule has 7 heteroatoms. The minimum absolute atomic E-state index is 0.331. The molecule has 0 radical (unpaired) electrons. The predicted octanol–water partition coefficient (Wildman–Crippen LogP) is 3.10. The molecule has 0 amide bonds. The Bertz CT molecular complexity index is 680. The molecule has 0 aliphatic carbocycles. The molecule has 0 atom stereocenters. The van der Waals surface area contributed by atoms with Crippen LogP contribution in [0.2, 0.25) is 5.02 Å². The van der Waals surface area contributed by atoms with E-state index in [1.165, 1.54) is 11.3 Å². The van der Waals surface area contributed by atoms with Gasteiger partial charge in [0.2, 0.25) is 5.82 Å². The number of thiazole rings is 1. The first kappa shape index (κ1) is 11.2. The summed E-state index contributed by atoms with van der Waals surface area (Å²) >= 11 is 7.38. The van der Waals surface area contributed by atoms with Crippen molar-refractivity contribution >= 4 is 28.6 Å². The van der Waals surface area contributed by atoms with E-state index in [9.17, 15) is 0 Å². The van der Waals surface area contributed by atoms with E-state index < -0.39 is 0 Å². The third kappa shape index (κ3) is 1.96. The molecule has 2 heterocycles. The molecule has 0 saturated carbocycles. The lowest BCUT2D eigenvalue weighted by Gasteiger charge is -1.99. The number of anilines is 1. The van der Waals surface area contributed by atoms with Gasteiger partial charge in [0.15, 0.2) is 0 Å². The van der Waals surface area contributed by atoms with Crippen molar-refractivity contribution in [3.05, 3.63) is 34.1 Å². The highest BCUT2D eigenvalue weighted by atomic mass is 35.5. The number of nitrogens with two attached hydrogens (primary N) is 1. The molecule has 0 bridgehead atoms. The number of hydrogen-bond acceptors (Lipinski definition) is 6. The maximum Gasteiger partial charge on any atom is 0.260 e. The summed E-state index contributed by atoms with van der Waals surface area (Å²) in [5.74, 6) is 0.767. The van der Waals surface area contributed by atoms with E-state index >= 15 is 0 Å². The van der Waals surface area contributed by atoms with Crippen molar-refractivity contribution in [2.24, 2.45) is 0 Å². The predicted molar refractivity (Wildman–Crippen MR) is 70.3 cm³/mol. The van der Waals surface area contributed by atoms with Crippen LogP contribution in [0, 0.1) is 0 Å². The van der Waals surface area contributed by atoms with E-state index in [0.29, 0.717) is 33.7 Å². The van der Waals surface area contributed by atoms with E-state index in [-0.39, 0.29) is 0 Å². The lowest BCUT2D eigenvalue weighted by molar-refractivity contribution is 0.432. The normalized spacial score (nSPS) is 10.7. The van der Waals surface area contributed by atoms with Crippen LogP contribution in [-0.4, -0.2) is 15.1 Å². The molecule has 0 aliphatic heterocycles. The van der Waals surface area contributed by atoms with Crippen LogP contribution in [-0.2, 0) is 0 Å². The molecule has 90 valence electrons. The number of aromatic nitrogens is 3. The second-order valence-corrected chi connectivity index (χ2v) is 4.68. The number of halogens is 1. The monoisotopic (exact) mass is 278 g/mol. The molecule has 2 N–H and O–H groups in total. The van der Waals surface area contributed by atoms with Crippen LogP contribution in [0.3, 0.4) is 0 Å². The SMILES string of the molecule is Nc1ccc(Cl)cc1-c1nc(-c2cscn2)no1. The Balaban J connectivity index is 2.05. The van der Waals surface area contributed by atoms with Gasteiger partial charge in [0.1, 0.15) is 5.69 Å². The lowest BCUT2D eigenvalue weighted by Crippen LogP contribution is -1.90. The topological polar surface area (TPSA) is 77.8 Å². The van der Waals surface area contributed by atoms with E-state index in [1.807, 2.05) is 5.38 Å². The minimum Gasteiger partial charge on any atom is -0.398 e. The zero-order chi connectivity index (χ0) is 12.5. The minimum atomic E-state index is 0.331. The summed E-state index contributed by atoms with van der Waals surface area (Å²) in [4.78, 5) is 8.36. The fourth-order valence-corrected chi connectivity index (χ4v) is 2.18. The highest BCUT2D eigenvalue weighted by molar-refractivity contribution is 7.07. The summed E-state index contributed by atoms with van der Waals surface area (Å²) in [6, 6.07) is 5.09. The zero-order valence-corrected chi connectivity index (χ0v) is 10.6. The van der Waals surface area contributed by atoms with Crippen molar-refractivity contribution in [3.63, 3.8) is 0 Å². The van der Waals surface area contributed by atoms with E-state index in [2.05, 4.69) is 15.1 Å². The Morgan fingerprint density at radius 2 is 2.22 bits per heavy atom. The quantitative estimate of drug-likeness (QED) is 0.729. The molecule has 0 unspecified atom stereocenters. The van der Waals surface area contributed by atoms with Crippen molar-refractivity contribution in [3.8, 4) is 23.0 Å². The summed E-state index contributed by atoms with van der Waals surface area (Å²) in [5.41, 5.74) is 9.39. The van der Waals surface area contributed by atoms with Crippen LogP contribution in [0.25, 0.3) is 23.0 Å². The van der Waals surface area contributed by atoms with Gasteiger partial charge in [-0.2, -0.15) is 4.98 Å². The van der Waals surface area contributed by atoms with Gasteiger partial charge in [0.25, 0.3) is 5.89 Å². The molecule has 3 aromatic rings. The van der Waals surface area contributed by atoms with E-state index in [1.54, 1.807) is 23.7 Å². The van der Waals surface area contributed by atoms with Crippen molar-refractivity contribution in [2.45, 2.75) is 0 Å². The summed E-state index contributed by atoms with van der Waals surface area (Å²) in [7, 11) is 0. The maximum absolute atomic E-state index is 5.92. The highest BCUT2D eigenvalue weighted by Crippen LogP contribution is 2.29. The van der Waals surface area contributed by atoms with Crippen LogP contribution < -0.4 is 5.73 Å². The van der Waals surface area contributed by atoms with Gasteiger partial charge in [-0.05, 0) is 18.2 Å². The molecule has 18 heavy (non-hydrogen) atoms. The highest BCUT2D eigenvalue weighted by Gasteiger charge is 2.14. The van der Waals surface area contributed by atoms with Crippen LogP contribution in [0.5, 0.6) is 0 Å². The van der Waals surface area contributed by atoms with Crippen LogP contribution in [0.4, 0.5) is 5.69 Å². The summed E-state index contributed by atoms with van der Waals surface area (Å²) in [5, 5.41) is 6.27. The number of nitrogens with zero attached hydrogens (tertiary/aromatic N) is 3. The van der Waals surface area contributed by atoms with Crippen molar-refractivity contribution in [1.82, 2.24) is 15.1 Å². The zero-order valence-electron chi connectivity index (χ0n) is 9.00. The van der Waals surface area contributed by atoms with Crippen LogP contribution in [0.15, 0.2) is 33.6 Å². The van der Waals surface area contributed by atoms with Gasteiger partial charge in [-0.15, -0.1) is 11.3 Å². The molecule has 0 fully saturated rings. The Morgan fingerprint density at radius 1 is 1.33 bits per heavy atom. The Hall–Kier alpha value is -1.92. The van der Waals surface area contributed by atoms with Gasteiger partial charge in [-0.1, -0.05) is 16.8 Å². The van der Waals surface area contributed by atoms with Gasteiger partial charge in [-0.3, -0.25) is 0 Å². The standard InChI is InChI=1S/C11H7ClN4OS/c12-6-1-2-8(13)7(3-6)11-15-10(16-17-11)9-4-18-5-14-9/h1-5H,13H2. The summed E-state index contributed by atoms with van der Waals surface area (Å²) in [6.45, 7) is 0. The van der Waals surface area contributed by atoms with Crippen molar-refractivity contribution in [1.29, 1.82) is 0 Å². The Labute approximate surface area is 111 Å². The van der Waals surface area contributed by atoms with Crippen LogP contribution >= 0.6 is 22.9 Å². The lowest BCUT2D eigenvalue weighted by atomic mass is 10.2. The van der Waals surface area contributed by atoms with Gasteiger partial charge in [-0.25, -0.2) is 4.98 Å². The molecule has 2 aromatic heterocycles. The third-order valence-electron chi connectivity index (χ3n) is 2.33. The fourth-order valence-electron chi connectivity index (χ4n) is 1.47. The van der Waals surface area contributed by atoms with Gasteiger partial charge >= 0.3 is 0 Å². The van der Waals surface area contributed by atoms with Crippen molar-refractivity contribution in [2.75, 3.05) is 5.73 Å². The Morgan fingerprint density at radius 3 is 3.00 bits per heavy atom. The average Bonchev–Trinajstić information content (AvgIpc) is 3.00. The second-order valence-electron chi connectivity index (χ2n) is 3.53. The molecule has 3 rings (SSSR count). The van der Waals surface area contributed by atoms with Crippen molar-refractivity contribution < 1.29 is 4.52 Å². The number of rotatable bonds is 2. The summed E-state index contributed by atoms with van der Waals surface area (Å²) < 4.78 is 5.18. The van der Waals surface area contributed by atoms with Gasteiger partial charge in [0.05, 0.1) is 11.1 Å². The number of benzene rings is 1. The number of nitrogen functional groups attached to an aromatic ring is 1. The third-order valence-corrected chi connectivity index (χ3v) is 3.15. The molecule has 5 nitrogen and oxygen atoms in total. The molecular weight excluding hydrogens is 272 g/mol. The molecule has 0 aliphatic rings. The largest absolute Gasteiger partial charge is 0.398 e. The second kappa shape index (κ2) is 4.40.